The Balaban J connectivity index is 1.10. The summed E-state index contributed by atoms with van der Waals surface area (Å²) < 4.78 is 5.52. The number of nitrogens with zero attached hydrogens (tertiary/aromatic N) is 3. The third kappa shape index (κ3) is 8.07. The lowest BCUT2D eigenvalue weighted by atomic mass is 10.1. The molecule has 0 aliphatic carbocycles. The Labute approximate surface area is 238 Å². The van der Waals surface area contributed by atoms with Crippen LogP contribution in [0.5, 0.6) is 0 Å². The first-order valence-corrected chi connectivity index (χ1v) is 15.2. The van der Waals surface area contributed by atoms with Crippen molar-refractivity contribution in [2.45, 2.75) is 70.3 Å². The van der Waals surface area contributed by atoms with Crippen LogP contribution in [0.25, 0.3) is 0 Å². The molecule has 2 aromatic carbocycles. The van der Waals surface area contributed by atoms with Gasteiger partial charge in [-0.05, 0) is 93.8 Å². The van der Waals surface area contributed by atoms with Gasteiger partial charge in [-0.1, -0.05) is 12.8 Å². The van der Waals surface area contributed by atoms with E-state index in [1.807, 2.05) is 39.6 Å². The number of piperazine rings is 1. The maximum atomic E-state index is 12.3. The molecule has 0 radical (unpaired) electrons. The Morgan fingerprint density at radius 3 is 2.41 bits per heavy atom. The van der Waals surface area contributed by atoms with Crippen molar-refractivity contribution in [2.24, 2.45) is 0 Å². The number of carbonyl (C=O) groups excluding carboxylic acids is 2. The van der Waals surface area contributed by atoms with Crippen LogP contribution in [0.1, 0.15) is 57.6 Å². The van der Waals surface area contributed by atoms with Gasteiger partial charge in [0.2, 0.25) is 5.91 Å². The quantitative estimate of drug-likeness (QED) is 0.274. The monoisotopic (exact) mass is 552 g/mol. The summed E-state index contributed by atoms with van der Waals surface area (Å²) in [6, 6.07) is 13.0. The normalized spacial score (nSPS) is 15.5. The highest BCUT2D eigenvalue weighted by molar-refractivity contribution is 7.99. The van der Waals surface area contributed by atoms with Crippen molar-refractivity contribution in [3.05, 3.63) is 47.5 Å². The van der Waals surface area contributed by atoms with E-state index in [0.29, 0.717) is 19.5 Å². The third-order valence-corrected chi connectivity index (χ3v) is 8.35. The van der Waals surface area contributed by atoms with Crippen LogP contribution >= 0.6 is 11.8 Å². The average Bonchev–Trinajstić information content (AvgIpc) is 3.17. The second kappa shape index (κ2) is 13.0. The molecule has 0 atom stereocenters. The van der Waals surface area contributed by atoms with Gasteiger partial charge in [0.15, 0.2) is 0 Å². The molecule has 2 aromatic rings. The van der Waals surface area contributed by atoms with Crippen LogP contribution in [0.3, 0.4) is 0 Å². The fourth-order valence-corrected chi connectivity index (χ4v) is 6.09. The van der Waals surface area contributed by atoms with Crippen molar-refractivity contribution in [1.82, 2.24) is 4.90 Å². The average molecular weight is 553 g/mol. The van der Waals surface area contributed by atoms with Crippen LogP contribution in [-0.4, -0.2) is 68.0 Å². The van der Waals surface area contributed by atoms with E-state index in [-0.39, 0.29) is 12.0 Å². The first kappa shape index (κ1) is 29.1. The molecule has 0 unspecified atom stereocenters. The molecule has 2 heterocycles. The van der Waals surface area contributed by atoms with E-state index in [9.17, 15) is 9.59 Å². The first-order chi connectivity index (χ1) is 18.6. The van der Waals surface area contributed by atoms with Gasteiger partial charge in [0.1, 0.15) is 5.60 Å². The van der Waals surface area contributed by atoms with Crippen LogP contribution in [0, 0.1) is 6.92 Å². The van der Waals surface area contributed by atoms with Gasteiger partial charge in [0, 0.05) is 61.7 Å². The zero-order valence-corrected chi connectivity index (χ0v) is 25.0. The molecule has 4 rings (SSSR count). The second-order valence-corrected chi connectivity index (χ2v) is 12.7. The van der Waals surface area contributed by atoms with Gasteiger partial charge in [0.25, 0.3) is 0 Å². The number of hydrogen-bond acceptors (Lipinski definition) is 6. The summed E-state index contributed by atoms with van der Waals surface area (Å²) in [5, 5.41) is 3.58. The van der Waals surface area contributed by atoms with E-state index in [4.69, 9.17) is 4.74 Å². The predicted molar refractivity (Wildman–Crippen MR) is 162 cm³/mol. The van der Waals surface area contributed by atoms with E-state index < -0.39 is 5.60 Å². The summed E-state index contributed by atoms with van der Waals surface area (Å²) >= 11 is 1.89. The zero-order chi connectivity index (χ0) is 28.0. The van der Waals surface area contributed by atoms with Crippen molar-refractivity contribution in [3.8, 4) is 0 Å². The smallest absolute Gasteiger partial charge is 0.410 e. The summed E-state index contributed by atoms with van der Waals surface area (Å²) in [4.78, 5) is 31.4. The Morgan fingerprint density at radius 2 is 1.69 bits per heavy atom. The highest BCUT2D eigenvalue weighted by Gasteiger charge is 2.26. The Morgan fingerprint density at radius 1 is 0.974 bits per heavy atom. The van der Waals surface area contributed by atoms with Crippen LogP contribution in [-0.2, 0) is 16.0 Å². The molecule has 1 fully saturated rings. The van der Waals surface area contributed by atoms with Crippen molar-refractivity contribution in [1.29, 1.82) is 0 Å². The van der Waals surface area contributed by atoms with Gasteiger partial charge in [-0.25, -0.2) is 4.79 Å². The van der Waals surface area contributed by atoms with Gasteiger partial charge < -0.3 is 24.8 Å². The van der Waals surface area contributed by atoms with Crippen molar-refractivity contribution in [3.63, 3.8) is 0 Å². The van der Waals surface area contributed by atoms with Crippen LogP contribution in [0.2, 0.25) is 0 Å². The van der Waals surface area contributed by atoms with Crippen molar-refractivity contribution < 1.29 is 14.3 Å². The Hall–Kier alpha value is -2.87. The van der Waals surface area contributed by atoms with Crippen molar-refractivity contribution >= 4 is 40.8 Å². The summed E-state index contributed by atoms with van der Waals surface area (Å²) in [6.45, 7) is 11.8. The fourth-order valence-electron chi connectivity index (χ4n) is 5.12. The highest BCUT2D eigenvalue weighted by atomic mass is 32.2. The lowest BCUT2D eigenvalue weighted by Gasteiger charge is -2.37. The number of aryl methyl sites for hydroxylation is 1. The number of carbonyl (C=O) groups is 2. The molecule has 212 valence electrons. The van der Waals surface area contributed by atoms with E-state index in [1.54, 1.807) is 9.80 Å². The van der Waals surface area contributed by atoms with Gasteiger partial charge >= 0.3 is 6.09 Å². The van der Waals surface area contributed by atoms with Crippen LogP contribution in [0.4, 0.5) is 21.9 Å². The lowest BCUT2D eigenvalue weighted by molar-refractivity contribution is -0.117. The molecule has 39 heavy (non-hydrogen) atoms. The third-order valence-electron chi connectivity index (χ3n) is 7.27. The topological polar surface area (TPSA) is 65.1 Å². The maximum absolute atomic E-state index is 12.3. The van der Waals surface area contributed by atoms with Gasteiger partial charge in [0.05, 0.1) is 6.42 Å². The van der Waals surface area contributed by atoms with Gasteiger partial charge in [-0.2, -0.15) is 0 Å². The first-order valence-electron chi connectivity index (χ1n) is 14.2. The van der Waals surface area contributed by atoms with Gasteiger partial charge in [-0.3, -0.25) is 4.79 Å². The second-order valence-electron chi connectivity index (χ2n) is 11.6. The number of likely N-dealkylation sites (N-methyl/N-ethyl adjacent to an activating group) is 1. The number of fused-ring (bicyclic) bond motifs is 1. The van der Waals surface area contributed by atoms with E-state index in [0.717, 1.165) is 43.1 Å². The molecule has 2 aliphatic rings. The fraction of sp³-hybridized carbons (Fsp3) is 0.548. The number of nitrogens with one attached hydrogen (secondary N) is 1. The largest absolute Gasteiger partial charge is 0.444 e. The Bertz CT molecular complexity index is 1160. The molecule has 2 amide bonds. The molecule has 0 bridgehead atoms. The number of amides is 2. The molecule has 8 heteroatoms. The molecule has 0 saturated carbocycles. The number of hydrogen-bond donors (Lipinski definition) is 1. The number of thioether (sulfide) groups is 1. The molecule has 1 N–H and O–H groups in total. The SMILES string of the molecule is Cc1cc(NCCCCCCSc2ccc3c(c2)CC(=O)N3C)ccc1N1CCN(C(=O)OC(C)(C)C)CC1. The van der Waals surface area contributed by atoms with Crippen LogP contribution in [0.15, 0.2) is 41.3 Å². The number of rotatable bonds is 10. The van der Waals surface area contributed by atoms with Crippen LogP contribution < -0.4 is 15.1 Å². The lowest BCUT2D eigenvalue weighted by Crippen LogP contribution is -2.50. The Kier molecular flexibility index (Phi) is 9.70. The minimum absolute atomic E-state index is 0.182. The summed E-state index contributed by atoms with van der Waals surface area (Å²) in [6.07, 6.45) is 5.12. The number of anilines is 3. The predicted octanol–water partition coefficient (Wildman–Crippen LogP) is 6.34. The van der Waals surface area contributed by atoms with E-state index in [2.05, 4.69) is 53.5 Å². The van der Waals surface area contributed by atoms with E-state index >= 15 is 0 Å². The van der Waals surface area contributed by atoms with Gasteiger partial charge in [-0.15, -0.1) is 11.8 Å². The zero-order valence-electron chi connectivity index (χ0n) is 24.2. The number of ether oxygens (including phenoxy) is 1. The number of unbranched alkanes of at least 4 members (excludes halogenated alkanes) is 3. The molecular formula is C31H44N4O3S. The molecule has 1 saturated heterocycles. The maximum Gasteiger partial charge on any atom is 0.410 e. The highest BCUT2D eigenvalue weighted by Crippen LogP contribution is 2.32. The molecular weight excluding hydrogens is 508 g/mol. The minimum atomic E-state index is -0.461. The molecule has 0 aromatic heterocycles. The minimum Gasteiger partial charge on any atom is -0.444 e. The standard InChI is InChI=1S/C31H44N4O3S/c1-23-20-25(10-12-27(23)34-15-17-35(18-16-34)30(37)38-31(2,3)4)32-14-8-6-7-9-19-39-26-11-13-28-24(21-26)22-29(36)33(28)5/h10-13,20-21,32H,6-9,14-19,22H2,1-5H3. The molecule has 2 aliphatic heterocycles. The van der Waals surface area contributed by atoms with Crippen molar-refractivity contribution in [2.75, 3.05) is 60.6 Å². The summed E-state index contributed by atoms with van der Waals surface area (Å²) in [5.74, 6) is 1.30. The summed E-state index contributed by atoms with van der Waals surface area (Å²) in [5.41, 5.74) is 5.41. The van der Waals surface area contributed by atoms with E-state index in [1.165, 1.54) is 41.1 Å². The summed E-state index contributed by atoms with van der Waals surface area (Å²) in [7, 11) is 1.85. The molecule has 0 spiro atoms. The molecule has 7 nitrogen and oxygen atoms in total. The number of benzene rings is 2.